The zero-order valence-corrected chi connectivity index (χ0v) is 11.1. The third-order valence-electron chi connectivity index (χ3n) is 3.73. The lowest BCUT2D eigenvalue weighted by molar-refractivity contribution is 0.00254. The Kier molecular flexibility index (Phi) is 3.93. The Morgan fingerprint density at radius 1 is 1.50 bits per heavy atom. The summed E-state index contributed by atoms with van der Waals surface area (Å²) in [4.78, 5) is 0. The Morgan fingerprint density at radius 2 is 2.22 bits per heavy atom. The molecular formula is C14H17ClF2O. The minimum absolute atomic E-state index is 0.0566. The molecule has 2 rings (SSSR count). The molecule has 1 aliphatic rings. The Bertz CT molecular complexity index is 434. The molecule has 0 spiro atoms. The largest absolute Gasteiger partial charge is 0.388 e. The predicted molar refractivity (Wildman–Crippen MR) is 68.1 cm³/mol. The van der Waals surface area contributed by atoms with Gasteiger partial charge in [-0.2, -0.15) is 0 Å². The van der Waals surface area contributed by atoms with Gasteiger partial charge in [0.25, 0.3) is 0 Å². The molecule has 0 bridgehead atoms. The smallest absolute Gasteiger partial charge is 0.248 e. The van der Waals surface area contributed by atoms with E-state index >= 15 is 0 Å². The lowest BCUT2D eigenvalue weighted by atomic mass is 9.93. The molecule has 0 heterocycles. The molecule has 0 radical (unpaired) electrons. The van der Waals surface area contributed by atoms with E-state index in [0.717, 1.165) is 11.1 Å². The number of aliphatic hydroxyl groups excluding tert-OH is 1. The zero-order valence-electron chi connectivity index (χ0n) is 10.3. The average Bonchev–Trinajstić information content (AvgIpc) is 2.62. The van der Waals surface area contributed by atoms with Crippen LogP contribution in [0.25, 0.3) is 0 Å². The molecule has 1 fully saturated rings. The van der Waals surface area contributed by atoms with E-state index in [1.165, 1.54) is 0 Å². The molecule has 1 aromatic rings. The van der Waals surface area contributed by atoms with E-state index in [1.807, 2.05) is 6.92 Å². The molecule has 1 nitrogen and oxygen atoms in total. The lowest BCUT2D eigenvalue weighted by Gasteiger charge is -2.18. The molecule has 1 aliphatic carbocycles. The molecule has 4 heteroatoms. The molecule has 2 unspecified atom stereocenters. The maximum Gasteiger partial charge on any atom is 0.248 e. The van der Waals surface area contributed by atoms with Crippen LogP contribution in [0.4, 0.5) is 8.78 Å². The van der Waals surface area contributed by atoms with Crippen molar-refractivity contribution in [2.24, 2.45) is 5.92 Å². The molecule has 1 N–H and O–H groups in total. The van der Waals surface area contributed by atoms with Crippen molar-refractivity contribution in [2.75, 3.05) is 0 Å². The molecule has 1 aromatic carbocycles. The highest BCUT2D eigenvalue weighted by Crippen LogP contribution is 2.42. The summed E-state index contributed by atoms with van der Waals surface area (Å²) in [5.74, 6) is -2.65. The third-order valence-corrected chi connectivity index (χ3v) is 4.14. The summed E-state index contributed by atoms with van der Waals surface area (Å²) >= 11 is 5.99. The van der Waals surface area contributed by atoms with Gasteiger partial charge in [0.15, 0.2) is 0 Å². The first-order chi connectivity index (χ1) is 8.39. The van der Waals surface area contributed by atoms with Gasteiger partial charge >= 0.3 is 0 Å². The number of rotatable bonds is 3. The SMILES string of the molecule is Cc1c(Cl)cccc1C(O)CC1CCC(F)(F)C1. The molecule has 18 heavy (non-hydrogen) atoms. The molecular weight excluding hydrogens is 258 g/mol. The Labute approximate surface area is 111 Å². The first kappa shape index (κ1) is 13.8. The van der Waals surface area contributed by atoms with Crippen LogP contribution in [0.2, 0.25) is 5.02 Å². The minimum atomic E-state index is -2.55. The van der Waals surface area contributed by atoms with E-state index < -0.39 is 12.0 Å². The standard InChI is InChI=1S/C14H17ClF2O/c1-9-11(3-2-4-12(9)15)13(18)7-10-5-6-14(16,17)8-10/h2-4,10,13,18H,5-8H2,1H3. The minimum Gasteiger partial charge on any atom is -0.388 e. The fourth-order valence-corrected chi connectivity index (χ4v) is 2.85. The first-order valence-electron chi connectivity index (χ1n) is 6.20. The van der Waals surface area contributed by atoms with Gasteiger partial charge in [0.05, 0.1) is 6.10 Å². The highest BCUT2D eigenvalue weighted by molar-refractivity contribution is 6.31. The molecule has 0 amide bonds. The van der Waals surface area contributed by atoms with Crippen molar-refractivity contribution in [3.8, 4) is 0 Å². The van der Waals surface area contributed by atoms with E-state index in [-0.39, 0.29) is 18.8 Å². The van der Waals surface area contributed by atoms with Crippen molar-refractivity contribution < 1.29 is 13.9 Å². The summed E-state index contributed by atoms with van der Waals surface area (Å²) < 4.78 is 26.2. The quantitative estimate of drug-likeness (QED) is 0.860. The van der Waals surface area contributed by atoms with Gasteiger partial charge in [0.1, 0.15) is 0 Å². The van der Waals surface area contributed by atoms with E-state index in [0.29, 0.717) is 17.9 Å². The molecule has 2 atom stereocenters. The number of alkyl halides is 2. The van der Waals surface area contributed by atoms with Gasteiger partial charge in [-0.15, -0.1) is 0 Å². The molecule has 0 aromatic heterocycles. The summed E-state index contributed by atoms with van der Waals surface area (Å²) in [7, 11) is 0. The van der Waals surface area contributed by atoms with Crippen molar-refractivity contribution in [2.45, 2.75) is 44.6 Å². The number of hydrogen-bond acceptors (Lipinski definition) is 1. The van der Waals surface area contributed by atoms with Crippen molar-refractivity contribution in [3.63, 3.8) is 0 Å². The van der Waals surface area contributed by atoms with Gasteiger partial charge in [-0.1, -0.05) is 23.7 Å². The maximum absolute atomic E-state index is 13.1. The van der Waals surface area contributed by atoms with Gasteiger partial charge < -0.3 is 5.11 Å². The van der Waals surface area contributed by atoms with Gasteiger partial charge in [-0.3, -0.25) is 0 Å². The predicted octanol–water partition coefficient (Wildman–Crippen LogP) is 4.51. The van der Waals surface area contributed by atoms with Gasteiger partial charge in [0.2, 0.25) is 5.92 Å². The normalized spacial score (nSPS) is 24.2. The van der Waals surface area contributed by atoms with Gasteiger partial charge in [-0.25, -0.2) is 8.78 Å². The van der Waals surface area contributed by atoms with Crippen LogP contribution in [0.3, 0.4) is 0 Å². The van der Waals surface area contributed by atoms with Crippen LogP contribution in [0.1, 0.15) is 42.9 Å². The van der Waals surface area contributed by atoms with Crippen LogP contribution in [-0.2, 0) is 0 Å². The first-order valence-corrected chi connectivity index (χ1v) is 6.58. The molecule has 0 aliphatic heterocycles. The van der Waals surface area contributed by atoms with Gasteiger partial charge in [0, 0.05) is 17.9 Å². The van der Waals surface area contributed by atoms with Crippen molar-refractivity contribution in [1.29, 1.82) is 0 Å². The second-order valence-corrected chi connectivity index (χ2v) is 5.58. The van der Waals surface area contributed by atoms with Crippen molar-refractivity contribution in [3.05, 3.63) is 34.3 Å². The topological polar surface area (TPSA) is 20.2 Å². The monoisotopic (exact) mass is 274 g/mol. The van der Waals surface area contributed by atoms with Crippen LogP contribution in [0, 0.1) is 12.8 Å². The summed E-state index contributed by atoms with van der Waals surface area (Å²) in [5.41, 5.74) is 1.58. The van der Waals surface area contributed by atoms with Crippen LogP contribution in [-0.4, -0.2) is 11.0 Å². The fraction of sp³-hybridized carbons (Fsp3) is 0.571. The van der Waals surface area contributed by atoms with E-state index in [4.69, 9.17) is 11.6 Å². The van der Waals surface area contributed by atoms with E-state index in [1.54, 1.807) is 18.2 Å². The highest BCUT2D eigenvalue weighted by atomic mass is 35.5. The number of halogens is 3. The summed E-state index contributed by atoms with van der Waals surface area (Å²) in [6, 6.07) is 5.34. The van der Waals surface area contributed by atoms with Crippen LogP contribution < -0.4 is 0 Å². The zero-order chi connectivity index (χ0) is 13.3. The molecule has 100 valence electrons. The number of aliphatic hydroxyl groups is 1. The van der Waals surface area contributed by atoms with Crippen LogP contribution in [0.5, 0.6) is 0 Å². The Balaban J connectivity index is 2.04. The molecule has 1 saturated carbocycles. The van der Waals surface area contributed by atoms with E-state index in [2.05, 4.69) is 0 Å². The number of benzene rings is 1. The maximum atomic E-state index is 13.1. The van der Waals surface area contributed by atoms with Crippen LogP contribution in [0.15, 0.2) is 18.2 Å². The van der Waals surface area contributed by atoms with Crippen LogP contribution >= 0.6 is 11.6 Å². The van der Waals surface area contributed by atoms with Gasteiger partial charge in [-0.05, 0) is 42.9 Å². The van der Waals surface area contributed by atoms with Crippen molar-refractivity contribution >= 4 is 11.6 Å². The van der Waals surface area contributed by atoms with Crippen molar-refractivity contribution in [1.82, 2.24) is 0 Å². The Morgan fingerprint density at radius 3 is 2.83 bits per heavy atom. The highest BCUT2D eigenvalue weighted by Gasteiger charge is 2.40. The molecule has 0 saturated heterocycles. The Hall–Kier alpha value is -0.670. The number of hydrogen-bond donors (Lipinski definition) is 1. The average molecular weight is 275 g/mol. The van der Waals surface area contributed by atoms with E-state index in [9.17, 15) is 13.9 Å². The fourth-order valence-electron chi connectivity index (χ4n) is 2.67. The lowest BCUT2D eigenvalue weighted by Crippen LogP contribution is -2.11. The second kappa shape index (κ2) is 5.14. The summed E-state index contributed by atoms with van der Waals surface area (Å²) in [5, 5.41) is 10.8. The second-order valence-electron chi connectivity index (χ2n) is 5.17. The third kappa shape index (κ3) is 3.01. The summed E-state index contributed by atoms with van der Waals surface area (Å²) in [6.07, 6.45) is 0.00542. The summed E-state index contributed by atoms with van der Waals surface area (Å²) in [6.45, 7) is 1.84.